The molecule has 5 heteroatoms. The summed E-state index contributed by atoms with van der Waals surface area (Å²) in [4.78, 5) is 11.8. The highest BCUT2D eigenvalue weighted by Gasteiger charge is 2.19. The van der Waals surface area contributed by atoms with Gasteiger partial charge in [-0.05, 0) is 26.3 Å². The number of amides is 1. The highest BCUT2D eigenvalue weighted by atomic mass is 16.6. The van der Waals surface area contributed by atoms with Gasteiger partial charge in [0.1, 0.15) is 17.4 Å². The van der Waals surface area contributed by atoms with E-state index in [1.165, 1.54) is 0 Å². The Balaban J connectivity index is 2.27. The van der Waals surface area contributed by atoms with Crippen LogP contribution in [0, 0.1) is 0 Å². The average Bonchev–Trinajstić information content (AvgIpc) is 2.55. The standard InChI is InChI=1S/C19H22N2O3/c1-19(2,3)24-18(23)21-20-16(14-10-6-4-7-11-14)17(22)15-12-8-5-9-13-15/h4-13,17,22H,1-3H3,(H,21,23)/t17-/m1/s1. The van der Waals surface area contributed by atoms with Crippen molar-refractivity contribution in [1.82, 2.24) is 5.43 Å². The summed E-state index contributed by atoms with van der Waals surface area (Å²) in [5.74, 6) is 0. The molecule has 2 rings (SSSR count). The van der Waals surface area contributed by atoms with Crippen LogP contribution in [0.15, 0.2) is 65.8 Å². The Labute approximate surface area is 142 Å². The summed E-state index contributed by atoms with van der Waals surface area (Å²) >= 11 is 0. The zero-order valence-electron chi connectivity index (χ0n) is 14.1. The molecule has 5 nitrogen and oxygen atoms in total. The average molecular weight is 326 g/mol. The molecule has 24 heavy (non-hydrogen) atoms. The van der Waals surface area contributed by atoms with Gasteiger partial charge in [0, 0.05) is 5.56 Å². The van der Waals surface area contributed by atoms with Crippen molar-refractivity contribution < 1.29 is 14.6 Å². The van der Waals surface area contributed by atoms with Gasteiger partial charge in [-0.1, -0.05) is 60.7 Å². The monoisotopic (exact) mass is 326 g/mol. The van der Waals surface area contributed by atoms with Crippen LogP contribution in [0.5, 0.6) is 0 Å². The van der Waals surface area contributed by atoms with E-state index >= 15 is 0 Å². The second-order valence-electron chi connectivity index (χ2n) is 6.29. The molecule has 0 saturated carbocycles. The van der Waals surface area contributed by atoms with E-state index in [2.05, 4.69) is 10.5 Å². The molecule has 0 aromatic heterocycles. The molecule has 1 atom stereocenters. The molecule has 0 heterocycles. The summed E-state index contributed by atoms with van der Waals surface area (Å²) < 4.78 is 5.17. The summed E-state index contributed by atoms with van der Waals surface area (Å²) in [6.45, 7) is 5.31. The number of carbonyl (C=O) groups excluding carboxylic acids is 1. The first-order chi connectivity index (χ1) is 11.4. The van der Waals surface area contributed by atoms with Crippen LogP contribution in [-0.4, -0.2) is 22.5 Å². The number of hydrogen-bond donors (Lipinski definition) is 2. The van der Waals surface area contributed by atoms with E-state index in [9.17, 15) is 9.90 Å². The van der Waals surface area contributed by atoms with E-state index in [0.717, 1.165) is 0 Å². The number of ether oxygens (including phenoxy) is 1. The van der Waals surface area contributed by atoms with Gasteiger partial charge in [-0.25, -0.2) is 10.2 Å². The third-order valence-electron chi connectivity index (χ3n) is 3.11. The predicted molar refractivity (Wildman–Crippen MR) is 93.8 cm³/mol. The number of hydrazone groups is 1. The lowest BCUT2D eigenvalue weighted by Crippen LogP contribution is -2.31. The van der Waals surface area contributed by atoms with Gasteiger partial charge in [0.05, 0.1) is 0 Å². The maximum absolute atomic E-state index is 11.8. The molecule has 0 aliphatic carbocycles. The quantitative estimate of drug-likeness (QED) is 0.665. The lowest BCUT2D eigenvalue weighted by Gasteiger charge is -2.19. The largest absolute Gasteiger partial charge is 0.443 e. The number of benzene rings is 2. The summed E-state index contributed by atoms with van der Waals surface area (Å²) in [6.07, 6.45) is -1.64. The number of hydrogen-bond acceptors (Lipinski definition) is 4. The highest BCUT2D eigenvalue weighted by molar-refractivity contribution is 6.04. The first-order valence-electron chi connectivity index (χ1n) is 7.72. The second-order valence-corrected chi connectivity index (χ2v) is 6.29. The zero-order valence-corrected chi connectivity index (χ0v) is 14.1. The minimum absolute atomic E-state index is 0.340. The van der Waals surface area contributed by atoms with Crippen molar-refractivity contribution in [1.29, 1.82) is 0 Å². The van der Waals surface area contributed by atoms with Crippen LogP contribution in [0.4, 0.5) is 4.79 Å². The molecule has 1 amide bonds. The summed E-state index contributed by atoms with van der Waals surface area (Å²) in [5, 5.41) is 14.8. The van der Waals surface area contributed by atoms with E-state index in [-0.39, 0.29) is 0 Å². The van der Waals surface area contributed by atoms with Gasteiger partial charge in [-0.15, -0.1) is 0 Å². The van der Waals surface area contributed by atoms with E-state index in [4.69, 9.17) is 4.74 Å². The van der Waals surface area contributed by atoms with E-state index in [0.29, 0.717) is 16.8 Å². The number of nitrogens with one attached hydrogen (secondary N) is 1. The molecule has 0 saturated heterocycles. The van der Waals surface area contributed by atoms with Gasteiger partial charge in [0.15, 0.2) is 0 Å². The molecule has 0 radical (unpaired) electrons. The van der Waals surface area contributed by atoms with E-state index in [1.54, 1.807) is 32.9 Å². The molecule has 0 aliphatic heterocycles. The molecule has 2 N–H and O–H groups in total. The van der Waals surface area contributed by atoms with Crippen molar-refractivity contribution in [2.45, 2.75) is 32.5 Å². The normalized spacial score (nSPS) is 13.2. The van der Waals surface area contributed by atoms with Gasteiger partial charge in [0.2, 0.25) is 0 Å². The van der Waals surface area contributed by atoms with Crippen molar-refractivity contribution in [3.8, 4) is 0 Å². The molecule has 126 valence electrons. The smallest absolute Gasteiger partial charge is 0.428 e. The molecule has 2 aromatic carbocycles. The second kappa shape index (κ2) is 7.75. The first kappa shape index (κ1) is 17.7. The van der Waals surface area contributed by atoms with Crippen LogP contribution in [-0.2, 0) is 4.74 Å². The molecule has 0 aliphatic rings. The first-order valence-corrected chi connectivity index (χ1v) is 7.72. The van der Waals surface area contributed by atoms with Gasteiger partial charge in [0.25, 0.3) is 0 Å². The van der Waals surface area contributed by atoms with E-state index < -0.39 is 17.8 Å². The lowest BCUT2D eigenvalue weighted by molar-refractivity contribution is 0.0528. The minimum atomic E-state index is -0.969. The fourth-order valence-electron chi connectivity index (χ4n) is 2.09. The number of nitrogens with zero attached hydrogens (tertiary/aromatic N) is 1. The minimum Gasteiger partial charge on any atom is -0.443 e. The summed E-state index contributed by atoms with van der Waals surface area (Å²) in [6, 6.07) is 18.3. The lowest BCUT2D eigenvalue weighted by atomic mass is 9.99. The molecular formula is C19H22N2O3. The SMILES string of the molecule is CC(C)(C)OC(=O)NN=C(c1ccccc1)[C@H](O)c1ccccc1. The Morgan fingerprint density at radius 1 is 1.04 bits per heavy atom. The highest BCUT2D eigenvalue weighted by Crippen LogP contribution is 2.19. The van der Waals surface area contributed by atoms with Gasteiger partial charge in [-0.2, -0.15) is 5.10 Å². The van der Waals surface area contributed by atoms with Crippen molar-refractivity contribution in [3.63, 3.8) is 0 Å². The number of carbonyl (C=O) groups is 1. The Kier molecular flexibility index (Phi) is 5.71. The van der Waals surface area contributed by atoms with Crippen molar-refractivity contribution in [2.75, 3.05) is 0 Å². The molecule has 2 aromatic rings. The van der Waals surface area contributed by atoms with Crippen LogP contribution in [0.2, 0.25) is 0 Å². The Bertz CT molecular complexity index is 692. The fraction of sp³-hybridized carbons (Fsp3) is 0.263. The fourth-order valence-corrected chi connectivity index (χ4v) is 2.09. The number of aliphatic hydroxyl groups is 1. The van der Waals surface area contributed by atoms with Crippen molar-refractivity contribution in [2.24, 2.45) is 5.10 Å². The Morgan fingerprint density at radius 2 is 1.58 bits per heavy atom. The molecule has 0 fully saturated rings. The van der Waals surface area contributed by atoms with Crippen molar-refractivity contribution >= 4 is 11.8 Å². The van der Waals surface area contributed by atoms with Gasteiger partial charge in [-0.3, -0.25) is 0 Å². The Morgan fingerprint density at radius 3 is 2.12 bits per heavy atom. The molecule has 0 spiro atoms. The van der Waals surface area contributed by atoms with Crippen LogP contribution >= 0.6 is 0 Å². The van der Waals surface area contributed by atoms with Crippen molar-refractivity contribution in [3.05, 3.63) is 71.8 Å². The summed E-state index contributed by atoms with van der Waals surface area (Å²) in [7, 11) is 0. The van der Waals surface area contributed by atoms with Crippen LogP contribution in [0.3, 0.4) is 0 Å². The maximum atomic E-state index is 11.8. The maximum Gasteiger partial charge on any atom is 0.428 e. The predicted octanol–water partition coefficient (Wildman–Crippen LogP) is 3.65. The summed E-state index contributed by atoms with van der Waals surface area (Å²) in [5.41, 5.74) is 3.47. The number of aliphatic hydroxyl groups excluding tert-OH is 1. The Hall–Kier alpha value is -2.66. The molecular weight excluding hydrogens is 304 g/mol. The van der Waals surface area contributed by atoms with Gasteiger partial charge < -0.3 is 9.84 Å². The number of rotatable bonds is 4. The third kappa shape index (κ3) is 5.21. The van der Waals surface area contributed by atoms with Crippen LogP contribution in [0.1, 0.15) is 38.0 Å². The topological polar surface area (TPSA) is 70.9 Å². The van der Waals surface area contributed by atoms with Gasteiger partial charge >= 0.3 is 6.09 Å². The van der Waals surface area contributed by atoms with Crippen LogP contribution < -0.4 is 5.43 Å². The third-order valence-corrected chi connectivity index (χ3v) is 3.11. The molecule has 0 bridgehead atoms. The molecule has 0 unspecified atom stereocenters. The van der Waals surface area contributed by atoms with E-state index in [1.807, 2.05) is 48.5 Å². The van der Waals surface area contributed by atoms with Crippen LogP contribution in [0.25, 0.3) is 0 Å². The zero-order chi connectivity index (χ0) is 17.6.